The van der Waals surface area contributed by atoms with Crippen molar-refractivity contribution in [1.82, 2.24) is 10.2 Å². The van der Waals surface area contributed by atoms with Crippen LogP contribution in [-0.4, -0.2) is 49.8 Å². The van der Waals surface area contributed by atoms with Gasteiger partial charge in [-0.1, -0.05) is 38.1 Å². The predicted molar refractivity (Wildman–Crippen MR) is 119 cm³/mol. The normalized spacial score (nSPS) is 21.2. The maximum atomic E-state index is 6.08. The minimum Gasteiger partial charge on any atom is -0.381 e. The number of benzene rings is 1. The van der Waals surface area contributed by atoms with Crippen LogP contribution in [0.3, 0.4) is 0 Å². The molecule has 1 aromatic rings. The van der Waals surface area contributed by atoms with Gasteiger partial charge in [0.2, 0.25) is 0 Å². The predicted octanol–water partition coefficient (Wildman–Crippen LogP) is 4.22. The lowest BCUT2D eigenvalue weighted by atomic mass is 9.97. The Morgan fingerprint density at radius 3 is 2.79 bits per heavy atom. The van der Waals surface area contributed by atoms with Crippen molar-refractivity contribution in [3.63, 3.8) is 0 Å². The lowest BCUT2D eigenvalue weighted by Gasteiger charge is -2.22. The zero-order valence-corrected chi connectivity index (χ0v) is 18.5. The van der Waals surface area contributed by atoms with E-state index in [4.69, 9.17) is 14.5 Å². The standard InChI is InChI=1S/C24H39N3O2/c1-4-25-24(27-11-8-21(17-27)14-19(2)3)26-16-20-6-5-7-22(15-20)18-29-23-9-12-28-13-10-23/h5-7,15,19,21,23H,4,8-14,16-18H2,1-3H3,(H,25,26). The molecule has 3 rings (SSSR count). The van der Waals surface area contributed by atoms with E-state index < -0.39 is 0 Å². The second kappa shape index (κ2) is 11.6. The molecule has 0 aromatic heterocycles. The number of nitrogens with one attached hydrogen (secondary N) is 1. The maximum absolute atomic E-state index is 6.08. The maximum Gasteiger partial charge on any atom is 0.194 e. The second-order valence-corrected chi connectivity index (χ2v) is 8.84. The van der Waals surface area contributed by atoms with Gasteiger partial charge in [-0.05, 0) is 55.6 Å². The fraction of sp³-hybridized carbons (Fsp3) is 0.708. The average molecular weight is 402 g/mol. The summed E-state index contributed by atoms with van der Waals surface area (Å²) in [6, 6.07) is 8.66. The Hall–Kier alpha value is -1.59. The van der Waals surface area contributed by atoms with Crippen LogP contribution in [0, 0.1) is 11.8 Å². The fourth-order valence-electron chi connectivity index (χ4n) is 4.35. The molecule has 0 aliphatic carbocycles. The summed E-state index contributed by atoms with van der Waals surface area (Å²) in [7, 11) is 0. The van der Waals surface area contributed by atoms with Crippen LogP contribution in [0.2, 0.25) is 0 Å². The number of ether oxygens (including phenoxy) is 2. The van der Waals surface area contributed by atoms with Gasteiger partial charge in [0.1, 0.15) is 0 Å². The summed E-state index contributed by atoms with van der Waals surface area (Å²) < 4.78 is 11.5. The van der Waals surface area contributed by atoms with Gasteiger partial charge in [-0.15, -0.1) is 0 Å². The lowest BCUT2D eigenvalue weighted by molar-refractivity contribution is -0.0390. The van der Waals surface area contributed by atoms with Crippen LogP contribution in [0.1, 0.15) is 57.6 Å². The van der Waals surface area contributed by atoms with E-state index in [-0.39, 0.29) is 0 Å². The second-order valence-electron chi connectivity index (χ2n) is 8.84. The molecular formula is C24H39N3O2. The zero-order chi connectivity index (χ0) is 20.5. The summed E-state index contributed by atoms with van der Waals surface area (Å²) in [5, 5.41) is 3.49. The van der Waals surface area contributed by atoms with Gasteiger partial charge in [-0.3, -0.25) is 0 Å². The van der Waals surface area contributed by atoms with E-state index in [1.54, 1.807) is 0 Å². The SMILES string of the molecule is CCNC(=NCc1cccc(COC2CCOCC2)c1)N1CCC(CC(C)C)C1. The summed E-state index contributed by atoms with van der Waals surface area (Å²) in [4.78, 5) is 7.38. The molecule has 1 atom stereocenters. The highest BCUT2D eigenvalue weighted by molar-refractivity contribution is 5.80. The molecule has 0 saturated carbocycles. The molecule has 0 spiro atoms. The Bertz CT molecular complexity index is 641. The van der Waals surface area contributed by atoms with Crippen molar-refractivity contribution >= 4 is 5.96 Å². The largest absolute Gasteiger partial charge is 0.381 e. The third-order valence-electron chi connectivity index (χ3n) is 5.78. The van der Waals surface area contributed by atoms with Crippen molar-refractivity contribution in [3.8, 4) is 0 Å². The highest BCUT2D eigenvalue weighted by Gasteiger charge is 2.25. The first kappa shape index (κ1) is 22.1. The first-order chi connectivity index (χ1) is 14.1. The van der Waals surface area contributed by atoms with E-state index in [0.717, 1.165) is 63.5 Å². The smallest absolute Gasteiger partial charge is 0.194 e. The zero-order valence-electron chi connectivity index (χ0n) is 18.5. The molecular weight excluding hydrogens is 362 g/mol. The molecule has 2 aliphatic rings. The number of hydrogen-bond acceptors (Lipinski definition) is 3. The number of aliphatic imine (C=N–C) groups is 1. The quantitative estimate of drug-likeness (QED) is 0.523. The molecule has 2 heterocycles. The summed E-state index contributed by atoms with van der Waals surface area (Å²) in [6.45, 7) is 13.0. The number of likely N-dealkylation sites (tertiary alicyclic amines) is 1. The molecule has 0 bridgehead atoms. The molecule has 2 saturated heterocycles. The Labute approximate surface area is 176 Å². The number of nitrogens with zero attached hydrogens (tertiary/aromatic N) is 2. The van der Waals surface area contributed by atoms with Crippen LogP contribution in [0.4, 0.5) is 0 Å². The fourth-order valence-corrected chi connectivity index (χ4v) is 4.35. The van der Waals surface area contributed by atoms with E-state index in [0.29, 0.717) is 19.3 Å². The number of rotatable bonds is 8. The molecule has 1 N–H and O–H groups in total. The van der Waals surface area contributed by atoms with Gasteiger partial charge in [-0.2, -0.15) is 0 Å². The summed E-state index contributed by atoms with van der Waals surface area (Å²) in [5.41, 5.74) is 2.47. The van der Waals surface area contributed by atoms with Crippen LogP contribution >= 0.6 is 0 Å². The number of hydrogen-bond donors (Lipinski definition) is 1. The Kier molecular flexibility index (Phi) is 8.81. The third kappa shape index (κ3) is 7.31. The van der Waals surface area contributed by atoms with Gasteiger partial charge in [-0.25, -0.2) is 4.99 Å². The summed E-state index contributed by atoms with van der Waals surface area (Å²) >= 11 is 0. The molecule has 29 heavy (non-hydrogen) atoms. The summed E-state index contributed by atoms with van der Waals surface area (Å²) in [5.74, 6) is 2.62. The van der Waals surface area contributed by atoms with Crippen molar-refractivity contribution in [1.29, 1.82) is 0 Å². The summed E-state index contributed by atoms with van der Waals surface area (Å²) in [6.07, 6.45) is 4.93. The van der Waals surface area contributed by atoms with Crippen LogP contribution in [0.5, 0.6) is 0 Å². The van der Waals surface area contributed by atoms with Crippen molar-refractivity contribution in [3.05, 3.63) is 35.4 Å². The molecule has 1 aromatic carbocycles. The van der Waals surface area contributed by atoms with Crippen molar-refractivity contribution in [2.45, 2.75) is 65.7 Å². The van der Waals surface area contributed by atoms with Crippen molar-refractivity contribution < 1.29 is 9.47 Å². The monoisotopic (exact) mass is 401 g/mol. The molecule has 2 fully saturated rings. The van der Waals surface area contributed by atoms with Crippen LogP contribution in [0.25, 0.3) is 0 Å². The highest BCUT2D eigenvalue weighted by Crippen LogP contribution is 2.23. The van der Waals surface area contributed by atoms with Crippen molar-refractivity contribution in [2.24, 2.45) is 16.8 Å². The van der Waals surface area contributed by atoms with Gasteiger partial charge >= 0.3 is 0 Å². The minimum atomic E-state index is 0.333. The van der Waals surface area contributed by atoms with Gasteiger partial charge in [0.15, 0.2) is 5.96 Å². The molecule has 5 heteroatoms. The van der Waals surface area contributed by atoms with E-state index in [2.05, 4.69) is 55.3 Å². The molecule has 1 unspecified atom stereocenters. The van der Waals surface area contributed by atoms with Crippen LogP contribution in [-0.2, 0) is 22.6 Å². The lowest BCUT2D eigenvalue weighted by Crippen LogP contribution is -2.40. The highest BCUT2D eigenvalue weighted by atomic mass is 16.5. The topological polar surface area (TPSA) is 46.1 Å². The van der Waals surface area contributed by atoms with E-state index in [1.807, 2.05) is 0 Å². The molecule has 2 aliphatic heterocycles. The first-order valence-electron chi connectivity index (χ1n) is 11.4. The Balaban J connectivity index is 1.54. The Morgan fingerprint density at radius 1 is 1.24 bits per heavy atom. The van der Waals surface area contributed by atoms with Gasteiger partial charge in [0.05, 0.1) is 19.3 Å². The van der Waals surface area contributed by atoms with E-state index in [1.165, 1.54) is 24.0 Å². The first-order valence-corrected chi connectivity index (χ1v) is 11.4. The van der Waals surface area contributed by atoms with Gasteiger partial charge < -0.3 is 19.7 Å². The molecule has 5 nitrogen and oxygen atoms in total. The van der Waals surface area contributed by atoms with Gasteiger partial charge in [0.25, 0.3) is 0 Å². The third-order valence-corrected chi connectivity index (χ3v) is 5.78. The average Bonchev–Trinajstić information content (AvgIpc) is 3.18. The molecule has 0 radical (unpaired) electrons. The van der Waals surface area contributed by atoms with E-state index in [9.17, 15) is 0 Å². The number of guanidine groups is 1. The van der Waals surface area contributed by atoms with Gasteiger partial charge in [0, 0.05) is 32.8 Å². The van der Waals surface area contributed by atoms with Crippen molar-refractivity contribution in [2.75, 3.05) is 32.8 Å². The Morgan fingerprint density at radius 2 is 2.03 bits per heavy atom. The molecule has 162 valence electrons. The van der Waals surface area contributed by atoms with Crippen LogP contribution < -0.4 is 5.32 Å². The minimum absolute atomic E-state index is 0.333. The molecule has 0 amide bonds. The van der Waals surface area contributed by atoms with Crippen LogP contribution in [0.15, 0.2) is 29.3 Å². The van der Waals surface area contributed by atoms with E-state index >= 15 is 0 Å².